The van der Waals surface area contributed by atoms with Crippen LogP contribution in [0.25, 0.3) is 0 Å². The van der Waals surface area contributed by atoms with Crippen LogP contribution >= 0.6 is 0 Å². The van der Waals surface area contributed by atoms with Crippen LogP contribution in [0, 0.1) is 6.92 Å². The fourth-order valence-electron chi connectivity index (χ4n) is 2.29. The van der Waals surface area contributed by atoms with Crippen molar-refractivity contribution >= 4 is 17.6 Å². The number of urea groups is 1. The van der Waals surface area contributed by atoms with Crippen LogP contribution in [0.1, 0.15) is 18.4 Å². The third-order valence-corrected chi connectivity index (χ3v) is 3.39. The van der Waals surface area contributed by atoms with Crippen LogP contribution in [0.4, 0.5) is 10.5 Å². The largest absolute Gasteiger partial charge is 0.353 e. The molecular formula is C15H22N4O2. The summed E-state index contributed by atoms with van der Waals surface area (Å²) in [7, 11) is 0. The number of benzene rings is 1. The molecule has 114 valence electrons. The Morgan fingerprint density at radius 3 is 2.90 bits per heavy atom. The first-order valence-electron chi connectivity index (χ1n) is 7.25. The van der Waals surface area contributed by atoms with Crippen LogP contribution in [0.2, 0.25) is 0 Å². The van der Waals surface area contributed by atoms with Gasteiger partial charge >= 0.3 is 6.03 Å². The molecule has 0 aliphatic carbocycles. The van der Waals surface area contributed by atoms with Gasteiger partial charge < -0.3 is 21.3 Å². The summed E-state index contributed by atoms with van der Waals surface area (Å²) in [5.41, 5.74) is 1.78. The summed E-state index contributed by atoms with van der Waals surface area (Å²) in [5.74, 6) is -0.178. The number of anilines is 1. The number of hydrogen-bond donors (Lipinski definition) is 4. The number of hydrogen-bond acceptors (Lipinski definition) is 3. The molecule has 1 unspecified atom stereocenters. The molecule has 1 aromatic rings. The molecule has 2 rings (SSSR count). The second kappa shape index (κ2) is 7.64. The van der Waals surface area contributed by atoms with Gasteiger partial charge in [0.05, 0.1) is 6.54 Å². The molecule has 0 aromatic heterocycles. The van der Waals surface area contributed by atoms with E-state index in [1.807, 2.05) is 25.1 Å². The molecule has 0 bridgehead atoms. The third-order valence-electron chi connectivity index (χ3n) is 3.39. The zero-order valence-corrected chi connectivity index (χ0v) is 12.2. The van der Waals surface area contributed by atoms with Gasteiger partial charge in [0.1, 0.15) is 0 Å². The van der Waals surface area contributed by atoms with Crippen LogP contribution < -0.4 is 21.3 Å². The first-order valence-corrected chi connectivity index (χ1v) is 7.25. The van der Waals surface area contributed by atoms with Gasteiger partial charge in [-0.05, 0) is 44.0 Å². The standard InChI is InChI=1S/C15H22N4O2/c1-11-4-2-5-12(8-11)19-15(21)18-10-14(20)17-9-13-6-3-7-16-13/h2,4-5,8,13,16H,3,6-7,9-10H2,1H3,(H,17,20)(H2,18,19,21). The fraction of sp³-hybridized carbons (Fsp3) is 0.467. The molecule has 1 fully saturated rings. The molecule has 1 atom stereocenters. The number of rotatable bonds is 5. The van der Waals surface area contributed by atoms with Gasteiger partial charge in [-0.2, -0.15) is 0 Å². The smallest absolute Gasteiger partial charge is 0.319 e. The first-order chi connectivity index (χ1) is 10.1. The maximum Gasteiger partial charge on any atom is 0.319 e. The maximum absolute atomic E-state index is 11.7. The number of amides is 3. The van der Waals surface area contributed by atoms with E-state index in [2.05, 4.69) is 21.3 Å². The number of carbonyl (C=O) groups is 2. The minimum atomic E-state index is -0.380. The lowest BCUT2D eigenvalue weighted by atomic mass is 10.2. The lowest BCUT2D eigenvalue weighted by Gasteiger charge is -2.12. The molecule has 1 saturated heterocycles. The van der Waals surface area contributed by atoms with E-state index in [0.29, 0.717) is 18.3 Å². The Morgan fingerprint density at radius 1 is 1.33 bits per heavy atom. The van der Waals surface area contributed by atoms with Crippen LogP contribution in [0.5, 0.6) is 0 Å². The third kappa shape index (κ3) is 5.43. The zero-order chi connectivity index (χ0) is 15.1. The quantitative estimate of drug-likeness (QED) is 0.652. The Balaban J connectivity index is 1.64. The second-order valence-corrected chi connectivity index (χ2v) is 5.27. The van der Waals surface area contributed by atoms with Crippen molar-refractivity contribution < 1.29 is 9.59 Å². The minimum absolute atomic E-state index is 0.0234. The van der Waals surface area contributed by atoms with Crippen LogP contribution in [0.15, 0.2) is 24.3 Å². The van der Waals surface area contributed by atoms with Gasteiger partial charge in [0, 0.05) is 18.3 Å². The summed E-state index contributed by atoms with van der Waals surface area (Å²) < 4.78 is 0. The molecule has 1 aliphatic rings. The van der Waals surface area contributed by atoms with E-state index in [0.717, 1.165) is 24.9 Å². The highest BCUT2D eigenvalue weighted by atomic mass is 16.2. The van der Waals surface area contributed by atoms with E-state index in [-0.39, 0.29) is 18.5 Å². The number of nitrogens with one attached hydrogen (secondary N) is 4. The van der Waals surface area contributed by atoms with Gasteiger partial charge in [-0.25, -0.2) is 4.79 Å². The molecule has 0 saturated carbocycles. The Hall–Kier alpha value is -2.08. The molecule has 0 radical (unpaired) electrons. The van der Waals surface area contributed by atoms with Gasteiger partial charge in [-0.3, -0.25) is 4.79 Å². The molecule has 21 heavy (non-hydrogen) atoms. The van der Waals surface area contributed by atoms with Gasteiger partial charge in [-0.1, -0.05) is 12.1 Å². The lowest BCUT2D eigenvalue weighted by Crippen LogP contribution is -2.43. The molecular weight excluding hydrogens is 268 g/mol. The molecule has 6 heteroatoms. The second-order valence-electron chi connectivity index (χ2n) is 5.27. The van der Waals surface area contributed by atoms with Crippen molar-refractivity contribution in [1.29, 1.82) is 0 Å². The van der Waals surface area contributed by atoms with E-state index in [4.69, 9.17) is 0 Å². The lowest BCUT2D eigenvalue weighted by molar-refractivity contribution is -0.120. The van der Waals surface area contributed by atoms with Crippen LogP contribution in [-0.4, -0.2) is 37.6 Å². The van der Waals surface area contributed by atoms with Crippen molar-refractivity contribution in [2.24, 2.45) is 0 Å². The highest BCUT2D eigenvalue weighted by molar-refractivity contribution is 5.92. The summed E-state index contributed by atoms with van der Waals surface area (Å²) in [6.07, 6.45) is 2.24. The summed E-state index contributed by atoms with van der Waals surface area (Å²) in [6, 6.07) is 7.47. The predicted octanol–water partition coefficient (Wildman–Crippen LogP) is 0.985. The van der Waals surface area contributed by atoms with Gasteiger partial charge in [0.25, 0.3) is 0 Å². The topological polar surface area (TPSA) is 82.3 Å². The number of carbonyl (C=O) groups excluding carboxylic acids is 2. The molecule has 1 aliphatic heterocycles. The normalized spacial score (nSPS) is 17.3. The summed E-state index contributed by atoms with van der Waals surface area (Å²) >= 11 is 0. The van der Waals surface area contributed by atoms with Crippen LogP contribution in [0.3, 0.4) is 0 Å². The van der Waals surface area contributed by atoms with Gasteiger partial charge in [-0.15, -0.1) is 0 Å². The van der Waals surface area contributed by atoms with Gasteiger partial charge in [0.15, 0.2) is 0 Å². The molecule has 1 aromatic carbocycles. The molecule has 4 N–H and O–H groups in total. The summed E-state index contributed by atoms with van der Waals surface area (Å²) in [4.78, 5) is 23.3. The van der Waals surface area contributed by atoms with Crippen molar-refractivity contribution in [2.75, 3.05) is 25.0 Å². The van der Waals surface area contributed by atoms with Crippen LogP contribution in [-0.2, 0) is 4.79 Å². The Labute approximate surface area is 124 Å². The summed E-state index contributed by atoms with van der Waals surface area (Å²) in [5, 5.41) is 11.3. The molecule has 1 heterocycles. The number of aryl methyl sites for hydroxylation is 1. The average molecular weight is 290 g/mol. The van der Waals surface area contributed by atoms with E-state index < -0.39 is 0 Å². The van der Waals surface area contributed by atoms with E-state index in [1.165, 1.54) is 0 Å². The highest BCUT2D eigenvalue weighted by Crippen LogP contribution is 2.08. The summed E-state index contributed by atoms with van der Waals surface area (Å²) in [6.45, 7) is 3.55. The Bertz CT molecular complexity index is 498. The van der Waals surface area contributed by atoms with Crippen molar-refractivity contribution in [3.8, 4) is 0 Å². The molecule has 3 amide bonds. The molecule has 6 nitrogen and oxygen atoms in total. The van der Waals surface area contributed by atoms with E-state index in [1.54, 1.807) is 6.07 Å². The molecule has 0 spiro atoms. The van der Waals surface area contributed by atoms with E-state index in [9.17, 15) is 9.59 Å². The monoisotopic (exact) mass is 290 g/mol. The van der Waals surface area contributed by atoms with Crippen molar-refractivity contribution in [3.63, 3.8) is 0 Å². The fourth-order valence-corrected chi connectivity index (χ4v) is 2.29. The van der Waals surface area contributed by atoms with Crippen molar-refractivity contribution in [2.45, 2.75) is 25.8 Å². The average Bonchev–Trinajstić information content (AvgIpc) is 2.96. The SMILES string of the molecule is Cc1cccc(NC(=O)NCC(=O)NCC2CCCN2)c1. The Kier molecular flexibility index (Phi) is 5.57. The van der Waals surface area contributed by atoms with Crippen molar-refractivity contribution in [1.82, 2.24) is 16.0 Å². The first kappa shape index (κ1) is 15.3. The van der Waals surface area contributed by atoms with Crippen molar-refractivity contribution in [3.05, 3.63) is 29.8 Å². The highest BCUT2D eigenvalue weighted by Gasteiger charge is 2.14. The Morgan fingerprint density at radius 2 is 2.19 bits per heavy atom. The van der Waals surface area contributed by atoms with Gasteiger partial charge in [0.2, 0.25) is 5.91 Å². The zero-order valence-electron chi connectivity index (χ0n) is 12.2. The maximum atomic E-state index is 11.7. The predicted molar refractivity (Wildman–Crippen MR) is 82.2 cm³/mol. The van der Waals surface area contributed by atoms with E-state index >= 15 is 0 Å². The minimum Gasteiger partial charge on any atom is -0.353 e.